The second-order valence-corrected chi connectivity index (χ2v) is 0.697. The Kier molecular flexibility index (Phi) is 3.47. The molecule has 0 saturated heterocycles. The molecule has 0 atom stereocenters. The molecule has 0 N–H and O–H groups in total. The van der Waals surface area contributed by atoms with Crippen molar-refractivity contribution in [2.75, 3.05) is 0 Å². The van der Waals surface area contributed by atoms with Crippen LogP contribution in [0.4, 0.5) is 0 Å². The second kappa shape index (κ2) is 3.26. The summed E-state index contributed by atoms with van der Waals surface area (Å²) in [6, 6.07) is 0. The fraction of sp³-hybridized carbons (Fsp3) is 0. The van der Waals surface area contributed by atoms with Crippen LogP contribution in [0.25, 0.3) is 0 Å². The van der Waals surface area contributed by atoms with Gasteiger partial charge in [-0.2, -0.15) is 0 Å². The van der Waals surface area contributed by atoms with Crippen LogP contribution < -0.4 is 0 Å². The normalized spacial score (nSPS) is 3.75. The molecule has 0 aromatic carbocycles. The molecular weight excluding hydrogens is 43.2 g/mol. The molecule has 16 valence electrons. The molecule has 0 fully saturated rings. The van der Waals surface area contributed by atoms with E-state index in [-0.39, 0.29) is 0 Å². The third-order valence-corrected chi connectivity index (χ3v) is 0.289. The average molecular weight is 47.3 g/mol. The quantitative estimate of drug-likeness (QED) is 0.285. The maximum atomic E-state index is 3.48. The standard InChI is InChI=1S/B4H4/c1-3-4-2/h1,4H,2H2. The number of hydrogen-bond acceptors (Lipinski definition) is 0. The molecule has 0 rings (SSSR count). The first kappa shape index (κ1) is 4.26. The molecule has 0 bridgehead atoms. The Morgan fingerprint density at radius 3 is 2.25 bits per heavy atom. The fourth-order valence-corrected chi connectivity index (χ4v) is 0. The van der Waals surface area contributed by atoms with Gasteiger partial charge in [-0.3, -0.25) is 0 Å². The van der Waals surface area contributed by atoms with E-state index in [1.165, 1.54) is 0 Å². The van der Waals surface area contributed by atoms with E-state index in [4.69, 9.17) is 0 Å². The Hall–Kier alpha value is 0.260. The van der Waals surface area contributed by atoms with Gasteiger partial charge < -0.3 is 0 Å². The van der Waals surface area contributed by atoms with Crippen LogP contribution in [0.5, 0.6) is 0 Å². The molecule has 0 radical (unpaired) electrons. The Labute approximate surface area is 29.9 Å². The van der Waals surface area contributed by atoms with Gasteiger partial charge in [0.15, 0.2) is 0 Å². The fourth-order valence-electron chi connectivity index (χ4n) is 0. The van der Waals surface area contributed by atoms with Crippen molar-refractivity contribution >= 4 is 28.9 Å². The van der Waals surface area contributed by atoms with E-state index in [0.29, 0.717) is 0 Å². The van der Waals surface area contributed by atoms with Gasteiger partial charge in [-0.05, 0) is 0 Å². The Morgan fingerprint density at radius 1 is 2.00 bits per heavy atom. The molecule has 0 saturated carbocycles. The van der Waals surface area contributed by atoms with Crippen molar-refractivity contribution in [2.24, 2.45) is 0 Å². The van der Waals surface area contributed by atoms with Crippen LogP contribution in [0.2, 0.25) is 0 Å². The van der Waals surface area contributed by atoms with E-state index >= 15 is 0 Å². The molecule has 0 aliphatic heterocycles. The van der Waals surface area contributed by atoms with E-state index < -0.39 is 0 Å². The molecular formula is H4B4. The van der Waals surface area contributed by atoms with Gasteiger partial charge in [0.1, 0.15) is 0 Å². The van der Waals surface area contributed by atoms with Gasteiger partial charge in [0.25, 0.3) is 0 Å². The Balaban J connectivity index is 2.30. The summed E-state index contributed by atoms with van der Waals surface area (Å²) in [5.74, 6) is 0. The third-order valence-electron chi connectivity index (χ3n) is 0.289. The first-order valence-electron chi connectivity index (χ1n) is 1.52. The zero-order chi connectivity index (χ0) is 3.41. The molecule has 0 nitrogen and oxygen atoms in total. The first-order chi connectivity index (χ1) is 1.91. The van der Waals surface area contributed by atoms with Gasteiger partial charge in [0.2, 0.25) is 0 Å². The molecule has 0 spiro atoms. The van der Waals surface area contributed by atoms with Gasteiger partial charge in [-0.15, -0.1) is 0 Å². The van der Waals surface area contributed by atoms with Crippen molar-refractivity contribution < 1.29 is 0 Å². The van der Waals surface area contributed by atoms with Gasteiger partial charge in [0.05, 0.1) is 0 Å². The van der Waals surface area contributed by atoms with Crippen molar-refractivity contribution in [2.45, 2.75) is 0 Å². The minimum atomic E-state index is 1.08. The molecule has 0 aliphatic rings. The van der Waals surface area contributed by atoms with Crippen LogP contribution in [0, 0.1) is 0 Å². The van der Waals surface area contributed by atoms with E-state index in [1.54, 1.807) is 0 Å². The predicted molar refractivity (Wildman–Crippen MR) is 28.6 cm³/mol. The SMILES string of the molecule is B=BBB. The Bertz CT molecular complexity index is 14.0. The molecule has 0 heterocycles. The summed E-state index contributed by atoms with van der Waals surface area (Å²) in [5, 5.41) is 0. The van der Waals surface area contributed by atoms with Crippen molar-refractivity contribution in [1.29, 1.82) is 0 Å². The molecule has 0 amide bonds. The zero-order valence-corrected chi connectivity index (χ0v) is 2.99. The van der Waals surface area contributed by atoms with Crippen molar-refractivity contribution in [3.63, 3.8) is 0 Å². The van der Waals surface area contributed by atoms with E-state index in [2.05, 4.69) is 15.1 Å². The van der Waals surface area contributed by atoms with Crippen LogP contribution in [0.3, 0.4) is 0 Å². The summed E-state index contributed by atoms with van der Waals surface area (Å²) >= 11 is 0. The summed E-state index contributed by atoms with van der Waals surface area (Å²) < 4.78 is 0. The van der Waals surface area contributed by atoms with Crippen molar-refractivity contribution in [1.82, 2.24) is 0 Å². The molecule has 0 aromatic heterocycles. The summed E-state index contributed by atoms with van der Waals surface area (Å²) in [6.07, 6.45) is 0. The van der Waals surface area contributed by atoms with E-state index in [0.717, 1.165) is 7.06 Å². The Morgan fingerprint density at radius 2 is 2.25 bits per heavy atom. The molecule has 0 unspecified atom stereocenters. The van der Waals surface area contributed by atoms with Crippen molar-refractivity contribution in [3.05, 3.63) is 0 Å². The van der Waals surface area contributed by atoms with Crippen molar-refractivity contribution in [3.8, 4) is 0 Å². The zero-order valence-electron chi connectivity index (χ0n) is 2.99. The van der Waals surface area contributed by atoms with Crippen LogP contribution in [0.1, 0.15) is 0 Å². The van der Waals surface area contributed by atoms with Crippen LogP contribution in [0.15, 0.2) is 0 Å². The van der Waals surface area contributed by atoms with Gasteiger partial charge in [0, 0.05) is 0 Å². The van der Waals surface area contributed by atoms with Crippen LogP contribution in [-0.4, -0.2) is 28.9 Å². The molecule has 4 heteroatoms. The first-order valence-corrected chi connectivity index (χ1v) is 1.52. The van der Waals surface area contributed by atoms with Crippen LogP contribution >= 0.6 is 0 Å². The predicted octanol–water partition coefficient (Wildman–Crippen LogP) is -2.59. The number of hydrogen-bond donors (Lipinski definition) is 0. The summed E-state index contributed by atoms with van der Waals surface area (Å²) in [6.45, 7) is 1.88. The molecule has 0 aliphatic carbocycles. The van der Waals surface area contributed by atoms with Gasteiger partial charge in [-0.1, -0.05) is 0 Å². The molecule has 0 aromatic rings. The van der Waals surface area contributed by atoms with Gasteiger partial charge >= 0.3 is 28.9 Å². The minimum absolute atomic E-state index is 1.08. The molecule has 4 heavy (non-hydrogen) atoms. The topological polar surface area (TPSA) is 0 Å². The van der Waals surface area contributed by atoms with E-state index in [9.17, 15) is 0 Å². The monoisotopic (exact) mass is 48.1 g/mol. The average Bonchev–Trinajstić information content (AvgIpc) is 1.37. The summed E-state index contributed by atoms with van der Waals surface area (Å²) in [5.41, 5.74) is 0. The third kappa shape index (κ3) is 2.26. The summed E-state index contributed by atoms with van der Waals surface area (Å²) in [7, 11) is 6.62. The summed E-state index contributed by atoms with van der Waals surface area (Å²) in [4.78, 5) is 0. The van der Waals surface area contributed by atoms with Gasteiger partial charge in [-0.25, -0.2) is 0 Å². The number of rotatable bonds is 1. The van der Waals surface area contributed by atoms with Crippen LogP contribution in [-0.2, 0) is 0 Å². The van der Waals surface area contributed by atoms with E-state index in [1.807, 2.05) is 6.69 Å². The second-order valence-electron chi connectivity index (χ2n) is 0.697. The maximum absolute atomic E-state index is 3.48.